The van der Waals surface area contributed by atoms with Crippen LogP contribution < -0.4 is 15.4 Å². The minimum Gasteiger partial charge on any atom is -0.495 e. The summed E-state index contributed by atoms with van der Waals surface area (Å²) in [4.78, 5) is 12.7. The summed E-state index contributed by atoms with van der Waals surface area (Å²) >= 11 is 1.42. The standard InChI is InChI=1S/C12H18N2O2S.ClH/c1-8-7-9(3-5-13-8)14-12(15)11-10(16-2)4-6-17-11;/h4,6,8-9,13H,3,5,7H2,1-2H3,(H,14,15);1H. The Morgan fingerprint density at radius 2 is 2.39 bits per heavy atom. The smallest absolute Gasteiger partial charge is 0.265 e. The quantitative estimate of drug-likeness (QED) is 0.896. The number of nitrogens with one attached hydrogen (secondary N) is 2. The molecule has 2 N–H and O–H groups in total. The van der Waals surface area contributed by atoms with Gasteiger partial charge in [0.1, 0.15) is 10.6 Å². The maximum absolute atomic E-state index is 12.1. The van der Waals surface area contributed by atoms with Gasteiger partial charge in [-0.15, -0.1) is 23.7 Å². The van der Waals surface area contributed by atoms with Gasteiger partial charge in [0.2, 0.25) is 0 Å². The molecule has 1 saturated heterocycles. The van der Waals surface area contributed by atoms with Gasteiger partial charge in [-0.1, -0.05) is 0 Å². The summed E-state index contributed by atoms with van der Waals surface area (Å²) in [6.07, 6.45) is 1.98. The van der Waals surface area contributed by atoms with E-state index in [-0.39, 0.29) is 24.4 Å². The third-order valence-corrected chi connectivity index (χ3v) is 3.91. The van der Waals surface area contributed by atoms with Crippen molar-refractivity contribution in [2.45, 2.75) is 31.8 Å². The van der Waals surface area contributed by atoms with Crippen LogP contribution in [-0.2, 0) is 0 Å². The molecule has 4 nitrogen and oxygen atoms in total. The van der Waals surface area contributed by atoms with Crippen molar-refractivity contribution in [2.75, 3.05) is 13.7 Å². The molecule has 2 rings (SSSR count). The number of carbonyl (C=O) groups excluding carboxylic acids is 1. The van der Waals surface area contributed by atoms with Crippen LogP contribution >= 0.6 is 23.7 Å². The lowest BCUT2D eigenvalue weighted by Crippen LogP contribution is -2.46. The molecule has 18 heavy (non-hydrogen) atoms. The van der Waals surface area contributed by atoms with Crippen molar-refractivity contribution in [1.82, 2.24) is 10.6 Å². The Balaban J connectivity index is 0.00000162. The molecular formula is C12H19ClN2O2S. The van der Waals surface area contributed by atoms with Crippen LogP contribution in [0.3, 0.4) is 0 Å². The minimum absolute atomic E-state index is 0. The number of ether oxygens (including phenoxy) is 1. The minimum atomic E-state index is -0.0176. The summed E-state index contributed by atoms with van der Waals surface area (Å²) in [5, 5.41) is 8.32. The molecule has 0 bridgehead atoms. The third-order valence-electron chi connectivity index (χ3n) is 3.01. The Bertz CT molecular complexity index is 397. The van der Waals surface area contributed by atoms with Crippen molar-refractivity contribution in [3.05, 3.63) is 16.3 Å². The molecule has 1 aliphatic heterocycles. The van der Waals surface area contributed by atoms with Gasteiger partial charge in [0.15, 0.2) is 0 Å². The van der Waals surface area contributed by atoms with Gasteiger partial charge in [-0.2, -0.15) is 0 Å². The predicted molar refractivity (Wildman–Crippen MR) is 76.1 cm³/mol. The van der Waals surface area contributed by atoms with E-state index >= 15 is 0 Å². The predicted octanol–water partition coefficient (Wildman–Crippen LogP) is 2.05. The summed E-state index contributed by atoms with van der Waals surface area (Å²) in [5.41, 5.74) is 0. The highest BCUT2D eigenvalue weighted by atomic mass is 35.5. The van der Waals surface area contributed by atoms with E-state index in [2.05, 4.69) is 17.6 Å². The first-order valence-electron chi connectivity index (χ1n) is 5.86. The van der Waals surface area contributed by atoms with Gasteiger partial charge in [-0.05, 0) is 37.8 Å². The van der Waals surface area contributed by atoms with Crippen molar-refractivity contribution in [2.24, 2.45) is 0 Å². The monoisotopic (exact) mass is 290 g/mol. The van der Waals surface area contributed by atoms with E-state index < -0.39 is 0 Å². The van der Waals surface area contributed by atoms with Gasteiger partial charge >= 0.3 is 0 Å². The number of halogens is 1. The fraction of sp³-hybridized carbons (Fsp3) is 0.583. The molecular weight excluding hydrogens is 272 g/mol. The Morgan fingerprint density at radius 1 is 1.61 bits per heavy atom. The highest BCUT2D eigenvalue weighted by Gasteiger charge is 2.22. The van der Waals surface area contributed by atoms with E-state index in [4.69, 9.17) is 4.74 Å². The van der Waals surface area contributed by atoms with Crippen LogP contribution in [0.15, 0.2) is 11.4 Å². The number of methoxy groups -OCH3 is 1. The number of piperidine rings is 1. The molecule has 1 aliphatic rings. The van der Waals surface area contributed by atoms with Crippen LogP contribution in [-0.4, -0.2) is 31.6 Å². The third kappa shape index (κ3) is 3.60. The van der Waals surface area contributed by atoms with Crippen molar-refractivity contribution < 1.29 is 9.53 Å². The fourth-order valence-corrected chi connectivity index (χ4v) is 2.90. The second kappa shape index (κ2) is 6.97. The van der Waals surface area contributed by atoms with Gasteiger partial charge in [-0.3, -0.25) is 4.79 Å². The molecule has 102 valence electrons. The zero-order chi connectivity index (χ0) is 12.3. The fourth-order valence-electron chi connectivity index (χ4n) is 2.14. The molecule has 1 amide bonds. The van der Waals surface area contributed by atoms with Gasteiger partial charge < -0.3 is 15.4 Å². The molecule has 1 aromatic heterocycles. The number of amides is 1. The van der Waals surface area contributed by atoms with E-state index in [0.29, 0.717) is 16.7 Å². The molecule has 6 heteroatoms. The van der Waals surface area contributed by atoms with E-state index in [9.17, 15) is 4.79 Å². The Kier molecular flexibility index (Phi) is 5.91. The first kappa shape index (κ1) is 15.3. The van der Waals surface area contributed by atoms with Crippen LogP contribution in [0.2, 0.25) is 0 Å². The van der Waals surface area contributed by atoms with E-state index in [1.54, 1.807) is 7.11 Å². The molecule has 2 heterocycles. The van der Waals surface area contributed by atoms with Crippen LogP contribution in [0.5, 0.6) is 5.75 Å². The van der Waals surface area contributed by atoms with E-state index in [0.717, 1.165) is 19.4 Å². The molecule has 0 spiro atoms. The van der Waals surface area contributed by atoms with E-state index in [1.165, 1.54) is 11.3 Å². The van der Waals surface area contributed by atoms with Crippen LogP contribution in [0, 0.1) is 0 Å². The average Bonchev–Trinajstić information content (AvgIpc) is 2.77. The lowest BCUT2D eigenvalue weighted by molar-refractivity contribution is 0.0927. The summed E-state index contributed by atoms with van der Waals surface area (Å²) in [6, 6.07) is 2.56. The maximum Gasteiger partial charge on any atom is 0.265 e. The Labute approximate surface area is 118 Å². The molecule has 0 aromatic carbocycles. The number of carbonyl (C=O) groups is 1. The molecule has 2 atom stereocenters. The molecule has 0 aliphatic carbocycles. The highest BCUT2D eigenvalue weighted by Crippen LogP contribution is 2.24. The number of thiophene rings is 1. The zero-order valence-corrected chi connectivity index (χ0v) is 12.2. The lowest BCUT2D eigenvalue weighted by atomic mass is 10.0. The summed E-state index contributed by atoms with van der Waals surface area (Å²) in [6.45, 7) is 3.11. The second-order valence-corrected chi connectivity index (χ2v) is 5.28. The van der Waals surface area contributed by atoms with Gasteiger partial charge in [0, 0.05) is 12.1 Å². The average molecular weight is 291 g/mol. The van der Waals surface area contributed by atoms with Crippen molar-refractivity contribution >= 4 is 29.7 Å². The molecule has 1 aromatic rings. The van der Waals surface area contributed by atoms with Crippen molar-refractivity contribution in [3.8, 4) is 5.75 Å². The normalized spacial score (nSPS) is 23.0. The van der Waals surface area contributed by atoms with Gasteiger partial charge in [0.05, 0.1) is 7.11 Å². The first-order valence-corrected chi connectivity index (χ1v) is 6.74. The second-order valence-electron chi connectivity index (χ2n) is 4.37. The number of hydrogen-bond donors (Lipinski definition) is 2. The SMILES string of the molecule is COc1ccsc1C(=O)NC1CCNC(C)C1.Cl. The molecule has 2 unspecified atom stereocenters. The van der Waals surface area contributed by atoms with E-state index in [1.807, 2.05) is 11.4 Å². The van der Waals surface area contributed by atoms with Crippen molar-refractivity contribution in [1.29, 1.82) is 0 Å². The maximum atomic E-state index is 12.1. The van der Waals surface area contributed by atoms with Gasteiger partial charge in [0.25, 0.3) is 5.91 Å². The molecule has 0 saturated carbocycles. The first-order chi connectivity index (χ1) is 8.20. The summed E-state index contributed by atoms with van der Waals surface area (Å²) in [7, 11) is 1.59. The summed E-state index contributed by atoms with van der Waals surface area (Å²) in [5.74, 6) is 0.644. The van der Waals surface area contributed by atoms with Crippen LogP contribution in [0.1, 0.15) is 29.4 Å². The lowest BCUT2D eigenvalue weighted by Gasteiger charge is -2.28. The van der Waals surface area contributed by atoms with Crippen LogP contribution in [0.25, 0.3) is 0 Å². The molecule has 0 radical (unpaired) electrons. The van der Waals surface area contributed by atoms with Crippen molar-refractivity contribution in [3.63, 3.8) is 0 Å². The largest absolute Gasteiger partial charge is 0.495 e. The number of rotatable bonds is 3. The highest BCUT2D eigenvalue weighted by molar-refractivity contribution is 7.12. The topological polar surface area (TPSA) is 50.4 Å². The Hall–Kier alpha value is -0.780. The van der Waals surface area contributed by atoms with Crippen LogP contribution in [0.4, 0.5) is 0 Å². The number of hydrogen-bond acceptors (Lipinski definition) is 4. The summed E-state index contributed by atoms with van der Waals surface area (Å²) < 4.78 is 5.15. The Morgan fingerprint density at radius 3 is 3.06 bits per heavy atom. The zero-order valence-electron chi connectivity index (χ0n) is 10.6. The molecule has 1 fully saturated rings. The van der Waals surface area contributed by atoms with Gasteiger partial charge in [-0.25, -0.2) is 0 Å².